The molecule has 28 heavy (non-hydrogen) atoms. The van der Waals surface area contributed by atoms with Gasteiger partial charge in [-0.3, -0.25) is 19.7 Å². The highest BCUT2D eigenvalue weighted by Gasteiger charge is 2.30. The molecule has 0 bridgehead atoms. The monoisotopic (exact) mass is 407 g/mol. The number of hydrogen-bond acceptors (Lipinski definition) is 5. The summed E-state index contributed by atoms with van der Waals surface area (Å²) in [5.41, 5.74) is 0.0265. The van der Waals surface area contributed by atoms with Crippen molar-refractivity contribution in [2.75, 3.05) is 12.0 Å². The third kappa shape index (κ3) is 5.95. The smallest absolute Gasteiger partial charge is 0.270 e. The molecular formula is C20H29N3O4S. The molecular weight excluding hydrogens is 378 g/mol. The van der Waals surface area contributed by atoms with E-state index >= 15 is 0 Å². The number of hydrogen-bond donors (Lipinski definition) is 2. The molecule has 0 heterocycles. The molecule has 1 aliphatic carbocycles. The summed E-state index contributed by atoms with van der Waals surface area (Å²) in [5.74, 6) is 1.02. The third-order valence-corrected chi connectivity index (χ3v) is 6.23. The molecule has 8 heteroatoms. The van der Waals surface area contributed by atoms with Crippen LogP contribution in [0.4, 0.5) is 5.69 Å². The molecule has 7 nitrogen and oxygen atoms in total. The first-order valence-corrected chi connectivity index (χ1v) is 11.1. The van der Waals surface area contributed by atoms with Crippen LogP contribution in [0, 0.1) is 22.0 Å². The lowest BCUT2D eigenvalue weighted by molar-refractivity contribution is -0.384. The van der Waals surface area contributed by atoms with Crippen LogP contribution in [0.1, 0.15) is 49.9 Å². The lowest BCUT2D eigenvalue weighted by Crippen LogP contribution is -2.52. The number of amides is 2. The molecule has 2 amide bonds. The van der Waals surface area contributed by atoms with E-state index in [1.54, 1.807) is 11.8 Å². The summed E-state index contributed by atoms with van der Waals surface area (Å²) >= 11 is 1.60. The molecule has 0 radical (unpaired) electrons. The molecule has 1 saturated carbocycles. The number of benzene rings is 1. The molecule has 1 aromatic carbocycles. The van der Waals surface area contributed by atoms with E-state index in [1.807, 2.05) is 6.26 Å². The van der Waals surface area contributed by atoms with Gasteiger partial charge in [0, 0.05) is 23.7 Å². The van der Waals surface area contributed by atoms with E-state index < -0.39 is 16.9 Å². The first kappa shape index (κ1) is 22.2. The van der Waals surface area contributed by atoms with Crippen molar-refractivity contribution >= 4 is 29.3 Å². The largest absolute Gasteiger partial charge is 0.351 e. The Morgan fingerprint density at radius 3 is 2.75 bits per heavy atom. The van der Waals surface area contributed by atoms with Crippen LogP contribution in [0.15, 0.2) is 24.3 Å². The van der Waals surface area contributed by atoms with Gasteiger partial charge in [-0.2, -0.15) is 11.8 Å². The van der Waals surface area contributed by atoms with Gasteiger partial charge < -0.3 is 10.6 Å². The number of thioether (sulfide) groups is 1. The van der Waals surface area contributed by atoms with Crippen LogP contribution in [-0.2, 0) is 4.79 Å². The van der Waals surface area contributed by atoms with E-state index in [4.69, 9.17) is 0 Å². The zero-order valence-corrected chi connectivity index (χ0v) is 17.5. The second kappa shape index (κ2) is 10.5. The molecule has 0 saturated heterocycles. The van der Waals surface area contributed by atoms with Crippen LogP contribution in [-0.4, -0.2) is 40.8 Å². The maximum absolute atomic E-state index is 12.9. The number of nitrogens with zero attached hydrogens (tertiary/aromatic N) is 1. The van der Waals surface area contributed by atoms with Gasteiger partial charge in [-0.05, 0) is 42.8 Å². The van der Waals surface area contributed by atoms with Crippen LogP contribution in [0.25, 0.3) is 0 Å². The van der Waals surface area contributed by atoms with E-state index in [0.29, 0.717) is 18.3 Å². The molecule has 0 spiro atoms. The summed E-state index contributed by atoms with van der Waals surface area (Å²) in [5, 5.41) is 16.8. The molecule has 2 rings (SSSR count). The fraction of sp³-hybridized carbons (Fsp3) is 0.600. The van der Waals surface area contributed by atoms with Crippen molar-refractivity contribution in [3.8, 4) is 0 Å². The first-order valence-electron chi connectivity index (χ1n) is 9.68. The molecule has 0 aliphatic heterocycles. The lowest BCUT2D eigenvalue weighted by atomic mass is 9.78. The molecule has 154 valence electrons. The van der Waals surface area contributed by atoms with E-state index in [1.165, 1.54) is 30.7 Å². The number of nitrogens with one attached hydrogen (secondary N) is 2. The van der Waals surface area contributed by atoms with Gasteiger partial charge in [0.2, 0.25) is 5.91 Å². The van der Waals surface area contributed by atoms with Crippen molar-refractivity contribution in [3.63, 3.8) is 0 Å². The Kier molecular flexibility index (Phi) is 8.29. The highest BCUT2D eigenvalue weighted by atomic mass is 32.2. The minimum atomic E-state index is -0.663. The summed E-state index contributed by atoms with van der Waals surface area (Å²) in [6, 6.07) is 4.99. The topological polar surface area (TPSA) is 101 Å². The van der Waals surface area contributed by atoms with E-state index in [-0.39, 0.29) is 23.2 Å². The second-order valence-electron chi connectivity index (χ2n) is 7.50. The van der Waals surface area contributed by atoms with Crippen LogP contribution in [0.5, 0.6) is 0 Å². The fourth-order valence-corrected chi connectivity index (χ4v) is 4.05. The summed E-state index contributed by atoms with van der Waals surface area (Å²) < 4.78 is 0. The number of nitro benzene ring substituents is 1. The summed E-state index contributed by atoms with van der Waals surface area (Å²) in [6.07, 6.45) is 5.66. The van der Waals surface area contributed by atoms with Crippen LogP contribution < -0.4 is 10.6 Å². The molecule has 2 N–H and O–H groups in total. The second-order valence-corrected chi connectivity index (χ2v) is 8.48. The summed E-state index contributed by atoms with van der Waals surface area (Å²) in [6.45, 7) is 4.37. The Bertz CT molecular complexity index is 712. The van der Waals surface area contributed by atoms with Gasteiger partial charge >= 0.3 is 0 Å². The highest BCUT2D eigenvalue weighted by molar-refractivity contribution is 7.98. The van der Waals surface area contributed by atoms with Gasteiger partial charge in [-0.1, -0.05) is 32.8 Å². The van der Waals surface area contributed by atoms with Crippen molar-refractivity contribution in [1.29, 1.82) is 0 Å². The van der Waals surface area contributed by atoms with Gasteiger partial charge in [-0.25, -0.2) is 0 Å². The average Bonchev–Trinajstić information content (AvgIpc) is 2.68. The standard InChI is InChI=1S/C20H29N3O4S/c1-13-6-4-9-17(14(13)2)21-20(25)18(10-11-28-3)22-19(24)15-7-5-8-16(12-15)23(26)27/h5,7-8,12-14,17-18H,4,6,9-11H2,1-3H3,(H,21,25)(H,22,24). The van der Waals surface area contributed by atoms with Gasteiger partial charge in [-0.15, -0.1) is 0 Å². The number of non-ortho nitro benzene ring substituents is 1. The SMILES string of the molecule is CSCCC(NC(=O)c1cccc([N+](=O)[O-])c1)C(=O)NC1CCCC(C)C1C. The first-order chi connectivity index (χ1) is 13.3. The van der Waals surface area contributed by atoms with Gasteiger partial charge in [0.1, 0.15) is 6.04 Å². The van der Waals surface area contributed by atoms with Crippen molar-refractivity contribution in [3.05, 3.63) is 39.9 Å². The maximum atomic E-state index is 12.9. The molecule has 1 fully saturated rings. The predicted molar refractivity (Wildman–Crippen MR) is 111 cm³/mol. The maximum Gasteiger partial charge on any atom is 0.270 e. The van der Waals surface area contributed by atoms with E-state index in [9.17, 15) is 19.7 Å². The Morgan fingerprint density at radius 1 is 1.32 bits per heavy atom. The van der Waals surface area contributed by atoms with Crippen molar-refractivity contribution in [2.24, 2.45) is 11.8 Å². The number of nitro groups is 1. The van der Waals surface area contributed by atoms with Crippen molar-refractivity contribution < 1.29 is 14.5 Å². The van der Waals surface area contributed by atoms with Gasteiger partial charge in [0.15, 0.2) is 0 Å². The third-order valence-electron chi connectivity index (χ3n) is 5.59. The summed E-state index contributed by atoms with van der Waals surface area (Å²) in [4.78, 5) is 35.8. The average molecular weight is 408 g/mol. The van der Waals surface area contributed by atoms with Crippen LogP contribution in [0.3, 0.4) is 0 Å². The molecule has 1 aliphatic rings. The highest BCUT2D eigenvalue weighted by Crippen LogP contribution is 2.29. The normalized spacial score (nSPS) is 22.9. The Morgan fingerprint density at radius 2 is 2.07 bits per heavy atom. The number of carbonyl (C=O) groups excluding carboxylic acids is 2. The van der Waals surface area contributed by atoms with Crippen LogP contribution in [0.2, 0.25) is 0 Å². The minimum Gasteiger partial charge on any atom is -0.351 e. The predicted octanol–water partition coefficient (Wildman–Crippen LogP) is 3.39. The van der Waals surface area contributed by atoms with Crippen LogP contribution >= 0.6 is 11.8 Å². The lowest BCUT2D eigenvalue weighted by Gasteiger charge is -2.35. The van der Waals surface area contributed by atoms with E-state index in [2.05, 4.69) is 24.5 Å². The quantitative estimate of drug-likeness (QED) is 0.508. The minimum absolute atomic E-state index is 0.114. The summed E-state index contributed by atoms with van der Waals surface area (Å²) in [7, 11) is 0. The molecule has 4 atom stereocenters. The zero-order chi connectivity index (χ0) is 20.7. The van der Waals surface area contributed by atoms with E-state index in [0.717, 1.165) is 18.6 Å². The van der Waals surface area contributed by atoms with Crippen molar-refractivity contribution in [1.82, 2.24) is 10.6 Å². The fourth-order valence-electron chi connectivity index (χ4n) is 3.58. The van der Waals surface area contributed by atoms with Gasteiger partial charge in [0.05, 0.1) is 4.92 Å². The Labute approximate surface area is 170 Å². The molecule has 4 unspecified atom stereocenters. The number of rotatable bonds is 8. The zero-order valence-electron chi connectivity index (χ0n) is 16.6. The molecule has 0 aromatic heterocycles. The van der Waals surface area contributed by atoms with Gasteiger partial charge in [0.25, 0.3) is 11.6 Å². The molecule has 1 aromatic rings. The number of carbonyl (C=O) groups is 2. The van der Waals surface area contributed by atoms with Crippen molar-refractivity contribution in [2.45, 2.75) is 51.6 Å². The Balaban J connectivity index is 2.07. The Hall–Kier alpha value is -2.09.